The van der Waals surface area contributed by atoms with Gasteiger partial charge in [-0.15, -0.1) is 11.8 Å². The number of para-hydroxylation sites is 1. The Labute approximate surface area is 217 Å². The highest BCUT2D eigenvalue weighted by Crippen LogP contribution is 2.37. The standard InChI is InChI=1S/C31H29N3OS/c1-2-34(26-14-7-4-8-15-26)20-19-32-31(35)24-17-18-29-28(21-24)33-30(23-11-5-3-6-12-23)27-16-10-9-13-25(27)22-36-29/h3-18,21H,2,19-20,22H2,1H3,(H,32,35). The summed E-state index contributed by atoms with van der Waals surface area (Å²) in [5.41, 5.74) is 7.02. The van der Waals surface area contributed by atoms with Crippen LogP contribution in [-0.4, -0.2) is 31.3 Å². The Bertz CT molecular complexity index is 1370. The zero-order chi connectivity index (χ0) is 24.7. The van der Waals surface area contributed by atoms with Crippen molar-refractivity contribution in [2.24, 2.45) is 4.99 Å². The van der Waals surface area contributed by atoms with E-state index >= 15 is 0 Å². The van der Waals surface area contributed by atoms with Gasteiger partial charge >= 0.3 is 0 Å². The summed E-state index contributed by atoms with van der Waals surface area (Å²) in [7, 11) is 0. The molecule has 0 saturated carbocycles. The third kappa shape index (κ3) is 5.37. The molecule has 4 nitrogen and oxygen atoms in total. The number of fused-ring (bicyclic) bond motifs is 2. The summed E-state index contributed by atoms with van der Waals surface area (Å²) in [5, 5.41) is 3.09. The average Bonchev–Trinajstić information content (AvgIpc) is 2.93. The van der Waals surface area contributed by atoms with Crippen LogP contribution in [0.2, 0.25) is 0 Å². The lowest BCUT2D eigenvalue weighted by Gasteiger charge is -2.23. The van der Waals surface area contributed by atoms with Crippen molar-refractivity contribution in [1.82, 2.24) is 5.32 Å². The van der Waals surface area contributed by atoms with Gasteiger partial charge in [-0.25, -0.2) is 4.99 Å². The fraction of sp³-hybridized carbons (Fsp3) is 0.161. The summed E-state index contributed by atoms with van der Waals surface area (Å²) in [6.45, 7) is 4.33. The second-order valence-corrected chi connectivity index (χ2v) is 9.64. The van der Waals surface area contributed by atoms with Gasteiger partial charge in [-0.2, -0.15) is 0 Å². The number of thioether (sulfide) groups is 1. The Morgan fingerprint density at radius 3 is 2.42 bits per heavy atom. The second-order valence-electron chi connectivity index (χ2n) is 8.63. The van der Waals surface area contributed by atoms with E-state index in [0.717, 1.165) is 52.0 Å². The molecular formula is C31H29N3OS. The van der Waals surface area contributed by atoms with Crippen LogP contribution in [0.3, 0.4) is 0 Å². The molecule has 0 atom stereocenters. The maximum atomic E-state index is 13.1. The molecule has 1 heterocycles. The molecule has 0 unspecified atom stereocenters. The van der Waals surface area contributed by atoms with E-state index in [1.165, 1.54) is 5.56 Å². The van der Waals surface area contributed by atoms with Crippen molar-refractivity contribution in [2.75, 3.05) is 24.5 Å². The Hall–Kier alpha value is -3.83. The predicted molar refractivity (Wildman–Crippen MR) is 151 cm³/mol. The zero-order valence-corrected chi connectivity index (χ0v) is 21.2. The molecule has 4 aromatic rings. The van der Waals surface area contributed by atoms with Gasteiger partial charge in [-0.1, -0.05) is 72.8 Å². The Balaban J connectivity index is 1.39. The van der Waals surface area contributed by atoms with Crippen LogP contribution in [0.1, 0.15) is 34.0 Å². The Morgan fingerprint density at radius 2 is 1.64 bits per heavy atom. The quantitative estimate of drug-likeness (QED) is 0.312. The second kappa shape index (κ2) is 11.3. The van der Waals surface area contributed by atoms with Crippen LogP contribution in [0.5, 0.6) is 0 Å². The van der Waals surface area contributed by atoms with Crippen LogP contribution >= 0.6 is 11.8 Å². The minimum atomic E-state index is -0.0779. The summed E-state index contributed by atoms with van der Waals surface area (Å²) < 4.78 is 0. The maximum Gasteiger partial charge on any atom is 0.251 e. The molecule has 36 heavy (non-hydrogen) atoms. The number of carbonyl (C=O) groups is 1. The molecule has 180 valence electrons. The molecule has 5 rings (SSSR count). The molecule has 0 aromatic heterocycles. The highest BCUT2D eigenvalue weighted by atomic mass is 32.2. The van der Waals surface area contributed by atoms with Crippen molar-refractivity contribution in [2.45, 2.75) is 17.6 Å². The van der Waals surface area contributed by atoms with Crippen LogP contribution in [0.25, 0.3) is 0 Å². The van der Waals surface area contributed by atoms with Gasteiger partial charge < -0.3 is 10.2 Å². The molecule has 1 amide bonds. The van der Waals surface area contributed by atoms with Gasteiger partial charge in [0, 0.05) is 52.7 Å². The smallest absolute Gasteiger partial charge is 0.251 e. The van der Waals surface area contributed by atoms with Crippen LogP contribution in [0.4, 0.5) is 11.4 Å². The monoisotopic (exact) mass is 491 g/mol. The third-order valence-electron chi connectivity index (χ3n) is 6.33. The van der Waals surface area contributed by atoms with E-state index in [0.29, 0.717) is 12.1 Å². The van der Waals surface area contributed by atoms with E-state index in [-0.39, 0.29) is 5.91 Å². The first-order valence-electron chi connectivity index (χ1n) is 12.3. The lowest BCUT2D eigenvalue weighted by Crippen LogP contribution is -2.34. The lowest BCUT2D eigenvalue weighted by molar-refractivity contribution is 0.0954. The topological polar surface area (TPSA) is 44.7 Å². The van der Waals surface area contributed by atoms with E-state index in [1.807, 2.05) is 54.6 Å². The number of aliphatic imine (C=N–C) groups is 1. The SMILES string of the molecule is CCN(CCNC(=O)c1ccc2c(c1)N=C(c1ccccc1)c1ccccc1CS2)c1ccccc1. The molecule has 0 spiro atoms. The number of carbonyl (C=O) groups excluding carboxylic acids is 1. The molecule has 4 aromatic carbocycles. The number of benzene rings is 4. The fourth-order valence-corrected chi connectivity index (χ4v) is 5.39. The largest absolute Gasteiger partial charge is 0.370 e. The third-order valence-corrected chi connectivity index (χ3v) is 7.44. The molecule has 0 bridgehead atoms. The highest BCUT2D eigenvalue weighted by Gasteiger charge is 2.18. The first kappa shape index (κ1) is 23.9. The number of anilines is 1. The van der Waals surface area contributed by atoms with E-state index < -0.39 is 0 Å². The summed E-state index contributed by atoms with van der Waals surface area (Å²) in [6, 6.07) is 34.8. The van der Waals surface area contributed by atoms with E-state index in [1.54, 1.807) is 11.8 Å². The van der Waals surface area contributed by atoms with E-state index in [9.17, 15) is 4.79 Å². The van der Waals surface area contributed by atoms with Crippen LogP contribution < -0.4 is 10.2 Å². The predicted octanol–water partition coefficient (Wildman–Crippen LogP) is 6.72. The molecule has 0 radical (unpaired) electrons. The number of likely N-dealkylation sites (N-methyl/N-ethyl adjacent to an activating group) is 1. The normalized spacial score (nSPS) is 12.4. The number of rotatable bonds is 7. The van der Waals surface area contributed by atoms with Crippen molar-refractivity contribution in [3.63, 3.8) is 0 Å². The molecule has 1 aliphatic heterocycles. The summed E-state index contributed by atoms with van der Waals surface area (Å²) >= 11 is 1.76. The van der Waals surface area contributed by atoms with Crippen molar-refractivity contribution in [3.05, 3.63) is 125 Å². The first-order chi connectivity index (χ1) is 17.7. The van der Waals surface area contributed by atoms with E-state index in [4.69, 9.17) is 4.99 Å². The minimum absolute atomic E-state index is 0.0779. The van der Waals surface area contributed by atoms with Crippen molar-refractivity contribution in [1.29, 1.82) is 0 Å². The van der Waals surface area contributed by atoms with Gasteiger partial charge in [0.05, 0.1) is 11.4 Å². The number of nitrogens with one attached hydrogen (secondary N) is 1. The lowest BCUT2D eigenvalue weighted by atomic mass is 9.98. The van der Waals surface area contributed by atoms with E-state index in [2.05, 4.69) is 65.7 Å². The highest BCUT2D eigenvalue weighted by molar-refractivity contribution is 7.98. The summed E-state index contributed by atoms with van der Waals surface area (Å²) in [6.07, 6.45) is 0. The van der Waals surface area contributed by atoms with Crippen LogP contribution in [0.15, 0.2) is 113 Å². The van der Waals surface area contributed by atoms with Crippen molar-refractivity contribution < 1.29 is 4.79 Å². The zero-order valence-electron chi connectivity index (χ0n) is 20.4. The maximum absolute atomic E-state index is 13.1. The molecule has 1 N–H and O–H groups in total. The Morgan fingerprint density at radius 1 is 0.917 bits per heavy atom. The summed E-state index contributed by atoms with van der Waals surface area (Å²) in [5.74, 6) is 0.776. The molecular weight excluding hydrogens is 462 g/mol. The van der Waals surface area contributed by atoms with Gasteiger partial charge in [0.25, 0.3) is 5.91 Å². The van der Waals surface area contributed by atoms with Gasteiger partial charge in [0.1, 0.15) is 0 Å². The van der Waals surface area contributed by atoms with Crippen molar-refractivity contribution in [3.8, 4) is 0 Å². The summed E-state index contributed by atoms with van der Waals surface area (Å²) in [4.78, 5) is 21.5. The number of amides is 1. The molecule has 5 heteroatoms. The molecule has 1 aliphatic rings. The fourth-order valence-electron chi connectivity index (χ4n) is 4.41. The minimum Gasteiger partial charge on any atom is -0.370 e. The first-order valence-corrected chi connectivity index (χ1v) is 13.3. The van der Waals surface area contributed by atoms with Crippen molar-refractivity contribution >= 4 is 34.8 Å². The van der Waals surface area contributed by atoms with Crippen LogP contribution in [0, 0.1) is 0 Å². The van der Waals surface area contributed by atoms with Gasteiger partial charge in [0.2, 0.25) is 0 Å². The molecule has 0 fully saturated rings. The van der Waals surface area contributed by atoms with Crippen LogP contribution in [-0.2, 0) is 5.75 Å². The number of hydrogen-bond donors (Lipinski definition) is 1. The van der Waals surface area contributed by atoms with Gasteiger partial charge in [-0.3, -0.25) is 4.79 Å². The molecule has 0 saturated heterocycles. The number of hydrogen-bond acceptors (Lipinski definition) is 4. The average molecular weight is 492 g/mol. The molecule has 0 aliphatic carbocycles. The Kier molecular flexibility index (Phi) is 7.48. The van der Waals surface area contributed by atoms with Gasteiger partial charge in [0.15, 0.2) is 0 Å². The number of nitrogens with zero attached hydrogens (tertiary/aromatic N) is 2. The van der Waals surface area contributed by atoms with Gasteiger partial charge in [-0.05, 0) is 42.8 Å².